The summed E-state index contributed by atoms with van der Waals surface area (Å²) in [6.45, 7) is 4.77. The smallest absolute Gasteiger partial charge is 0.132 e. The molecule has 3 rings (SSSR count). The Morgan fingerprint density at radius 1 is 1.19 bits per heavy atom. The third-order valence-corrected chi connectivity index (χ3v) is 4.23. The minimum absolute atomic E-state index is 0.161. The fourth-order valence-electron chi connectivity index (χ4n) is 3.26. The molecule has 2 aromatic carbocycles. The van der Waals surface area contributed by atoms with Gasteiger partial charge >= 0.3 is 0 Å². The highest BCUT2D eigenvalue weighted by Crippen LogP contribution is 2.36. The lowest BCUT2D eigenvalue weighted by atomic mass is 9.89. The van der Waals surface area contributed by atoms with E-state index in [4.69, 9.17) is 0 Å². The van der Waals surface area contributed by atoms with Gasteiger partial charge in [0.2, 0.25) is 0 Å². The average molecular weight is 279 g/mol. The predicted molar refractivity (Wildman–Crippen MR) is 86.7 cm³/mol. The van der Waals surface area contributed by atoms with Crippen molar-refractivity contribution in [2.24, 2.45) is 0 Å². The fourth-order valence-corrected chi connectivity index (χ4v) is 3.26. The molecule has 1 aliphatic heterocycles. The van der Waals surface area contributed by atoms with Crippen LogP contribution in [0.1, 0.15) is 36.1 Å². The number of fused-ring (bicyclic) bond motifs is 1. The number of rotatable bonds is 3. The van der Waals surface area contributed by atoms with Gasteiger partial charge in [-0.3, -0.25) is 4.79 Å². The molecule has 1 atom stereocenters. The highest BCUT2D eigenvalue weighted by Gasteiger charge is 2.28. The number of carbonyl (C=O) groups excluding carboxylic acids is 1. The Kier molecular flexibility index (Phi) is 3.78. The topological polar surface area (TPSA) is 20.3 Å². The van der Waals surface area contributed by atoms with Crippen LogP contribution in [0.2, 0.25) is 0 Å². The van der Waals surface area contributed by atoms with E-state index in [1.165, 1.54) is 22.4 Å². The summed E-state index contributed by atoms with van der Waals surface area (Å²) in [5, 5.41) is 0. The summed E-state index contributed by atoms with van der Waals surface area (Å²) in [6, 6.07) is 17.2. The minimum Gasteiger partial charge on any atom is -0.364 e. The Hall–Kier alpha value is -2.09. The molecule has 1 heterocycles. The molecule has 0 amide bonds. The lowest BCUT2D eigenvalue weighted by molar-refractivity contribution is -0.117. The molecule has 2 nitrogen and oxygen atoms in total. The maximum absolute atomic E-state index is 11.7. The van der Waals surface area contributed by atoms with Gasteiger partial charge in [0.15, 0.2) is 0 Å². The molecule has 0 saturated carbocycles. The predicted octanol–water partition coefficient (Wildman–Crippen LogP) is 4.08. The molecule has 21 heavy (non-hydrogen) atoms. The lowest BCUT2D eigenvalue weighted by Gasteiger charge is -2.39. The first-order valence-corrected chi connectivity index (χ1v) is 7.55. The number of Topliss-reactive ketones (excluding diaryl/α,β-unsaturated/α-hetero) is 1. The van der Waals surface area contributed by atoms with Crippen LogP contribution in [0.4, 0.5) is 5.69 Å². The zero-order chi connectivity index (χ0) is 14.8. The zero-order valence-electron chi connectivity index (χ0n) is 12.7. The maximum Gasteiger partial charge on any atom is 0.132 e. The Labute approximate surface area is 126 Å². The van der Waals surface area contributed by atoms with Crippen molar-refractivity contribution < 1.29 is 4.79 Å². The molecule has 0 bridgehead atoms. The largest absolute Gasteiger partial charge is 0.364 e. The Morgan fingerprint density at radius 2 is 2.00 bits per heavy atom. The molecule has 0 radical (unpaired) electrons. The number of benzene rings is 2. The van der Waals surface area contributed by atoms with Gasteiger partial charge in [-0.15, -0.1) is 0 Å². The first-order valence-electron chi connectivity index (χ1n) is 7.55. The van der Waals surface area contributed by atoms with Crippen LogP contribution in [0.3, 0.4) is 0 Å². The van der Waals surface area contributed by atoms with E-state index in [1.807, 2.05) is 0 Å². The molecule has 0 aliphatic carbocycles. The summed E-state index contributed by atoms with van der Waals surface area (Å²) in [4.78, 5) is 14.1. The van der Waals surface area contributed by atoms with Crippen molar-refractivity contribution in [2.45, 2.75) is 32.7 Å². The molecule has 2 heteroatoms. The van der Waals surface area contributed by atoms with Crippen molar-refractivity contribution in [1.82, 2.24) is 0 Å². The van der Waals surface area contributed by atoms with Gasteiger partial charge in [0, 0.05) is 18.7 Å². The number of carbonyl (C=O) groups is 1. The second-order valence-electron chi connectivity index (χ2n) is 5.90. The monoisotopic (exact) mass is 279 g/mol. The van der Waals surface area contributed by atoms with Crippen molar-refractivity contribution in [3.63, 3.8) is 0 Å². The van der Waals surface area contributed by atoms with E-state index in [9.17, 15) is 4.79 Å². The molecular weight excluding hydrogens is 258 g/mol. The van der Waals surface area contributed by atoms with Crippen LogP contribution in [-0.4, -0.2) is 12.3 Å². The van der Waals surface area contributed by atoms with Gasteiger partial charge in [-0.2, -0.15) is 0 Å². The molecule has 0 fully saturated rings. The zero-order valence-corrected chi connectivity index (χ0v) is 12.7. The van der Waals surface area contributed by atoms with Crippen LogP contribution >= 0.6 is 0 Å². The Balaban J connectivity index is 2.02. The van der Waals surface area contributed by atoms with E-state index in [0.717, 1.165) is 13.0 Å². The van der Waals surface area contributed by atoms with Crippen LogP contribution in [0.15, 0.2) is 48.5 Å². The maximum atomic E-state index is 11.7. The SMILES string of the molecule is CC(=O)CC1c2ccccc2CCN1c1cccc(C)c1. The Morgan fingerprint density at radius 3 is 2.76 bits per heavy atom. The third-order valence-electron chi connectivity index (χ3n) is 4.23. The molecule has 0 aromatic heterocycles. The lowest BCUT2D eigenvalue weighted by Crippen LogP contribution is -2.36. The normalized spacial score (nSPS) is 17.4. The number of ketones is 1. The van der Waals surface area contributed by atoms with Crippen molar-refractivity contribution in [1.29, 1.82) is 0 Å². The summed E-state index contributed by atoms with van der Waals surface area (Å²) < 4.78 is 0. The first-order chi connectivity index (χ1) is 10.1. The Bertz CT molecular complexity index is 662. The molecule has 2 aromatic rings. The van der Waals surface area contributed by atoms with Crippen LogP contribution in [0.5, 0.6) is 0 Å². The minimum atomic E-state index is 0.161. The second kappa shape index (κ2) is 5.72. The van der Waals surface area contributed by atoms with E-state index in [0.29, 0.717) is 6.42 Å². The highest BCUT2D eigenvalue weighted by molar-refractivity contribution is 5.77. The van der Waals surface area contributed by atoms with Crippen molar-refractivity contribution >= 4 is 11.5 Å². The van der Waals surface area contributed by atoms with Crippen molar-refractivity contribution in [3.8, 4) is 0 Å². The number of aryl methyl sites for hydroxylation is 1. The van der Waals surface area contributed by atoms with Gasteiger partial charge in [0.25, 0.3) is 0 Å². The summed E-state index contributed by atoms with van der Waals surface area (Å²) in [7, 11) is 0. The summed E-state index contributed by atoms with van der Waals surface area (Å²) in [5.74, 6) is 0.245. The van der Waals surface area contributed by atoms with Gasteiger partial charge in [-0.25, -0.2) is 0 Å². The van der Waals surface area contributed by atoms with E-state index in [2.05, 4.69) is 60.4 Å². The number of hydrogen-bond acceptors (Lipinski definition) is 2. The van der Waals surface area contributed by atoms with E-state index < -0.39 is 0 Å². The van der Waals surface area contributed by atoms with E-state index in [1.54, 1.807) is 6.92 Å². The van der Waals surface area contributed by atoms with Gasteiger partial charge in [-0.1, -0.05) is 36.4 Å². The van der Waals surface area contributed by atoms with Gasteiger partial charge < -0.3 is 4.90 Å². The van der Waals surface area contributed by atoms with Gasteiger partial charge in [-0.05, 0) is 49.1 Å². The highest BCUT2D eigenvalue weighted by atomic mass is 16.1. The average Bonchev–Trinajstić information content (AvgIpc) is 2.47. The van der Waals surface area contributed by atoms with Crippen LogP contribution < -0.4 is 4.90 Å². The quantitative estimate of drug-likeness (QED) is 0.844. The van der Waals surface area contributed by atoms with Crippen molar-refractivity contribution in [2.75, 3.05) is 11.4 Å². The molecule has 0 saturated heterocycles. The number of nitrogens with zero attached hydrogens (tertiary/aromatic N) is 1. The van der Waals surface area contributed by atoms with Gasteiger partial charge in [0.05, 0.1) is 6.04 Å². The van der Waals surface area contributed by atoms with Crippen LogP contribution in [0.25, 0.3) is 0 Å². The summed E-state index contributed by atoms with van der Waals surface area (Å²) >= 11 is 0. The molecule has 1 unspecified atom stereocenters. The summed E-state index contributed by atoms with van der Waals surface area (Å²) in [5.41, 5.74) is 5.16. The molecule has 108 valence electrons. The number of hydrogen-bond donors (Lipinski definition) is 0. The van der Waals surface area contributed by atoms with E-state index >= 15 is 0 Å². The van der Waals surface area contributed by atoms with Crippen LogP contribution in [0, 0.1) is 6.92 Å². The number of anilines is 1. The van der Waals surface area contributed by atoms with Gasteiger partial charge in [0.1, 0.15) is 5.78 Å². The fraction of sp³-hybridized carbons (Fsp3) is 0.316. The molecule has 0 N–H and O–H groups in total. The third kappa shape index (κ3) is 2.85. The molecule has 1 aliphatic rings. The van der Waals surface area contributed by atoms with Crippen LogP contribution in [-0.2, 0) is 11.2 Å². The first kappa shape index (κ1) is 13.9. The van der Waals surface area contributed by atoms with Crippen molar-refractivity contribution in [3.05, 3.63) is 65.2 Å². The van der Waals surface area contributed by atoms with E-state index in [-0.39, 0.29) is 11.8 Å². The second-order valence-corrected chi connectivity index (χ2v) is 5.90. The summed E-state index contributed by atoms with van der Waals surface area (Å²) in [6.07, 6.45) is 1.61. The molecule has 0 spiro atoms. The molecular formula is C19H21NO. The standard InChI is InChI=1S/C19H21NO/c1-14-6-5-8-17(12-14)20-11-10-16-7-3-4-9-18(16)19(20)13-15(2)21/h3-9,12,19H,10-11,13H2,1-2H3.